The molecule has 5 rings (SSSR count). The highest BCUT2D eigenvalue weighted by Crippen LogP contribution is 2.67. The first-order valence-electron chi connectivity index (χ1n) is 17.3. The molecule has 0 saturated heterocycles. The van der Waals surface area contributed by atoms with E-state index in [9.17, 15) is 4.79 Å². The zero-order valence-corrected chi connectivity index (χ0v) is 27.1. The number of carbonyl (C=O) groups excluding carboxylic acids is 1. The van der Waals surface area contributed by atoms with Crippen LogP contribution in [0.25, 0.3) is 0 Å². The lowest BCUT2D eigenvalue weighted by Crippen LogP contribution is -2.51. The van der Waals surface area contributed by atoms with E-state index in [2.05, 4.69) is 47.6 Å². The summed E-state index contributed by atoms with van der Waals surface area (Å²) in [6.45, 7) is 15.4. The zero-order valence-electron chi connectivity index (χ0n) is 27.1. The number of rotatable bonds is 11. The molecule has 3 heteroatoms. The number of carbonyl (C=O) groups is 1. The molecule has 0 unspecified atom stereocenters. The van der Waals surface area contributed by atoms with Gasteiger partial charge in [-0.25, -0.2) is 4.79 Å². The molecule has 0 aromatic heterocycles. The Kier molecular flexibility index (Phi) is 9.61. The van der Waals surface area contributed by atoms with Crippen molar-refractivity contribution in [1.82, 2.24) is 0 Å². The van der Waals surface area contributed by atoms with Gasteiger partial charge in [0.1, 0.15) is 11.9 Å². The zero-order chi connectivity index (χ0) is 29.2. The second-order valence-corrected chi connectivity index (χ2v) is 15.3. The van der Waals surface area contributed by atoms with Crippen LogP contribution >= 0.6 is 0 Å². The maximum absolute atomic E-state index is 13.0. The molecule has 0 heterocycles. The van der Waals surface area contributed by atoms with E-state index in [0.717, 1.165) is 80.0 Å². The van der Waals surface area contributed by atoms with E-state index in [1.807, 2.05) is 24.3 Å². The third-order valence-electron chi connectivity index (χ3n) is 12.4. The van der Waals surface area contributed by atoms with E-state index in [0.29, 0.717) is 11.0 Å². The van der Waals surface area contributed by atoms with Crippen LogP contribution in [0.5, 0.6) is 5.75 Å². The van der Waals surface area contributed by atoms with E-state index in [1.165, 1.54) is 51.4 Å². The van der Waals surface area contributed by atoms with Gasteiger partial charge < -0.3 is 9.47 Å². The van der Waals surface area contributed by atoms with Crippen molar-refractivity contribution in [3.63, 3.8) is 0 Å². The van der Waals surface area contributed by atoms with Crippen molar-refractivity contribution in [3.8, 4) is 5.75 Å². The lowest BCUT2D eigenvalue weighted by molar-refractivity contribution is -0.0594. The first kappa shape index (κ1) is 30.7. The third-order valence-corrected chi connectivity index (χ3v) is 12.4. The Bertz CT molecular complexity index is 1060. The van der Waals surface area contributed by atoms with Gasteiger partial charge in [0.05, 0.1) is 12.2 Å². The predicted molar refractivity (Wildman–Crippen MR) is 169 cm³/mol. The second kappa shape index (κ2) is 12.8. The van der Waals surface area contributed by atoms with Crippen LogP contribution in [0.3, 0.4) is 0 Å². The number of allylic oxidation sites excluding steroid dienone is 1. The van der Waals surface area contributed by atoms with Crippen LogP contribution in [-0.2, 0) is 4.74 Å². The smallest absolute Gasteiger partial charge is 0.338 e. The highest BCUT2D eigenvalue weighted by Gasteiger charge is 2.59. The van der Waals surface area contributed by atoms with Crippen molar-refractivity contribution >= 4 is 5.97 Å². The number of esters is 1. The molecular formula is C38H58O3. The fourth-order valence-electron chi connectivity index (χ4n) is 9.99. The maximum atomic E-state index is 13.0. The summed E-state index contributed by atoms with van der Waals surface area (Å²) in [5.74, 6) is 5.75. The highest BCUT2D eigenvalue weighted by molar-refractivity contribution is 5.89. The number of hydrogen-bond acceptors (Lipinski definition) is 3. The predicted octanol–water partition coefficient (Wildman–Crippen LogP) is 10.4. The minimum Gasteiger partial charge on any atom is -0.494 e. The maximum Gasteiger partial charge on any atom is 0.338 e. The Hall–Kier alpha value is -1.77. The van der Waals surface area contributed by atoms with Gasteiger partial charge in [-0.15, -0.1) is 0 Å². The minimum atomic E-state index is -0.194. The molecule has 0 amide bonds. The van der Waals surface area contributed by atoms with E-state index in [1.54, 1.807) is 5.57 Å². The molecule has 0 N–H and O–H groups in total. The van der Waals surface area contributed by atoms with Crippen molar-refractivity contribution in [2.45, 2.75) is 131 Å². The molecule has 3 saturated carbocycles. The van der Waals surface area contributed by atoms with Gasteiger partial charge in [0.15, 0.2) is 0 Å². The van der Waals surface area contributed by atoms with Crippen LogP contribution in [0.2, 0.25) is 0 Å². The molecule has 8 atom stereocenters. The average molecular weight is 563 g/mol. The molecule has 4 aliphatic rings. The number of unbranched alkanes of at least 4 members (excludes halogenated alkanes) is 1. The third kappa shape index (κ3) is 6.30. The topological polar surface area (TPSA) is 35.5 Å². The number of fused-ring (bicyclic) bond motifs is 5. The fourth-order valence-corrected chi connectivity index (χ4v) is 9.99. The Morgan fingerprint density at radius 1 is 0.951 bits per heavy atom. The molecule has 1 aromatic rings. The molecule has 3 fully saturated rings. The van der Waals surface area contributed by atoms with Crippen molar-refractivity contribution in [1.29, 1.82) is 0 Å². The first-order valence-corrected chi connectivity index (χ1v) is 17.3. The molecule has 228 valence electrons. The van der Waals surface area contributed by atoms with Crippen molar-refractivity contribution < 1.29 is 14.3 Å². The summed E-state index contributed by atoms with van der Waals surface area (Å²) < 4.78 is 11.9. The number of benzene rings is 1. The lowest BCUT2D eigenvalue weighted by atomic mass is 9.47. The van der Waals surface area contributed by atoms with Gasteiger partial charge in [-0.05, 0) is 122 Å². The van der Waals surface area contributed by atoms with Crippen molar-refractivity contribution in [2.75, 3.05) is 6.61 Å². The summed E-state index contributed by atoms with van der Waals surface area (Å²) in [6.07, 6.45) is 18.9. The van der Waals surface area contributed by atoms with Crippen LogP contribution < -0.4 is 4.74 Å². The largest absolute Gasteiger partial charge is 0.494 e. The van der Waals surface area contributed by atoms with Crippen molar-refractivity contribution in [2.24, 2.45) is 46.3 Å². The summed E-state index contributed by atoms with van der Waals surface area (Å²) in [6, 6.07) is 7.48. The van der Waals surface area contributed by atoms with Gasteiger partial charge in [-0.3, -0.25) is 0 Å². The van der Waals surface area contributed by atoms with Crippen LogP contribution in [-0.4, -0.2) is 18.7 Å². The normalized spacial score (nSPS) is 35.2. The Morgan fingerprint density at radius 2 is 1.73 bits per heavy atom. The molecular weight excluding hydrogens is 504 g/mol. The van der Waals surface area contributed by atoms with Gasteiger partial charge in [0, 0.05) is 6.42 Å². The molecule has 4 aliphatic carbocycles. The summed E-state index contributed by atoms with van der Waals surface area (Å²) in [4.78, 5) is 13.0. The number of ether oxygens (including phenoxy) is 2. The molecule has 0 radical (unpaired) electrons. The van der Waals surface area contributed by atoms with E-state index < -0.39 is 0 Å². The van der Waals surface area contributed by atoms with Gasteiger partial charge in [-0.1, -0.05) is 78.9 Å². The Labute approximate surface area is 251 Å². The standard InChI is InChI=1S/C38H58O3/c1-7-8-24-40-30-15-12-28(13-16-30)36(39)41-31-20-22-37(5)29(25-31)14-17-32-34-19-18-33(27(4)11-9-10-26(2)3)38(34,6)23-21-35(32)37/h12-16,26-27,31-35H,7-11,17-25H2,1-6H3/t27-,31-,32+,33-,34+,35+,37-,38-/m0/s1. The first-order chi connectivity index (χ1) is 19.7. The Balaban J connectivity index is 1.19. The van der Waals surface area contributed by atoms with E-state index in [4.69, 9.17) is 9.47 Å². The molecule has 3 nitrogen and oxygen atoms in total. The Morgan fingerprint density at radius 3 is 2.46 bits per heavy atom. The highest BCUT2D eigenvalue weighted by atomic mass is 16.5. The van der Waals surface area contributed by atoms with Crippen molar-refractivity contribution in [3.05, 3.63) is 41.5 Å². The summed E-state index contributed by atoms with van der Waals surface area (Å²) in [5.41, 5.74) is 3.03. The fraction of sp³-hybridized carbons (Fsp3) is 0.763. The molecule has 41 heavy (non-hydrogen) atoms. The second-order valence-electron chi connectivity index (χ2n) is 15.3. The summed E-state index contributed by atoms with van der Waals surface area (Å²) >= 11 is 0. The van der Waals surface area contributed by atoms with Crippen LogP contribution in [0.15, 0.2) is 35.9 Å². The quantitative estimate of drug-likeness (QED) is 0.153. The summed E-state index contributed by atoms with van der Waals surface area (Å²) in [5, 5.41) is 0. The van der Waals surface area contributed by atoms with E-state index >= 15 is 0 Å². The average Bonchev–Trinajstić information content (AvgIpc) is 3.31. The molecule has 0 aliphatic heterocycles. The van der Waals surface area contributed by atoms with Gasteiger partial charge in [0.25, 0.3) is 0 Å². The van der Waals surface area contributed by atoms with Gasteiger partial charge in [-0.2, -0.15) is 0 Å². The summed E-state index contributed by atoms with van der Waals surface area (Å²) in [7, 11) is 0. The molecule has 0 bridgehead atoms. The molecule has 0 spiro atoms. The minimum absolute atomic E-state index is 0.00439. The van der Waals surface area contributed by atoms with Gasteiger partial charge >= 0.3 is 5.97 Å². The molecule has 1 aromatic carbocycles. The number of hydrogen-bond donors (Lipinski definition) is 0. The van der Waals surface area contributed by atoms with E-state index in [-0.39, 0.29) is 17.5 Å². The van der Waals surface area contributed by atoms with Crippen LogP contribution in [0.4, 0.5) is 0 Å². The SMILES string of the molecule is CCCCOc1ccc(C(=O)O[C@H]2CC[C@@]3(C)C(=CC[C@@H]4[C@H]5CC[C@@H]([C@@H](C)CCCC(C)C)[C@]5(C)CC[C@H]43)C2)cc1. The van der Waals surface area contributed by atoms with Crippen LogP contribution in [0, 0.1) is 46.3 Å². The lowest BCUT2D eigenvalue weighted by Gasteiger charge is -2.58. The monoisotopic (exact) mass is 562 g/mol. The van der Waals surface area contributed by atoms with Gasteiger partial charge in [0.2, 0.25) is 0 Å². The van der Waals surface area contributed by atoms with Crippen LogP contribution in [0.1, 0.15) is 135 Å².